The number of aliphatic hydroxyl groups excluding tert-OH is 1. The van der Waals surface area contributed by atoms with Crippen molar-refractivity contribution in [1.29, 1.82) is 0 Å². The van der Waals surface area contributed by atoms with Gasteiger partial charge in [0.15, 0.2) is 0 Å². The Morgan fingerprint density at radius 3 is 2.50 bits per heavy atom. The average molecular weight is 242 g/mol. The topological polar surface area (TPSA) is 20.2 Å². The molecule has 5 unspecified atom stereocenters. The Hall–Kier alpha value is 0.310. The lowest BCUT2D eigenvalue weighted by Gasteiger charge is -2.38. The van der Waals surface area contributed by atoms with E-state index in [1.54, 1.807) is 0 Å². The Labute approximate surface area is 104 Å². The highest BCUT2D eigenvalue weighted by Crippen LogP contribution is 2.39. The summed E-state index contributed by atoms with van der Waals surface area (Å²) in [5.41, 5.74) is 0. The van der Waals surface area contributed by atoms with Gasteiger partial charge in [-0.3, -0.25) is 0 Å². The summed E-state index contributed by atoms with van der Waals surface area (Å²) in [4.78, 5) is 0. The SMILES string of the molecule is CC1CCC(C(O)C2CCCCS2)CC1C. The Kier molecular flexibility index (Phi) is 4.60. The van der Waals surface area contributed by atoms with Crippen molar-refractivity contribution in [3.8, 4) is 0 Å². The molecule has 2 fully saturated rings. The summed E-state index contributed by atoms with van der Waals surface area (Å²) in [5.74, 6) is 3.52. The van der Waals surface area contributed by atoms with Crippen molar-refractivity contribution in [2.24, 2.45) is 17.8 Å². The van der Waals surface area contributed by atoms with E-state index in [4.69, 9.17) is 0 Å². The summed E-state index contributed by atoms with van der Waals surface area (Å²) >= 11 is 2.02. The fourth-order valence-corrected chi connectivity index (χ4v) is 4.66. The normalized spacial score (nSPS) is 42.9. The van der Waals surface area contributed by atoms with Crippen LogP contribution >= 0.6 is 11.8 Å². The molecule has 1 heterocycles. The van der Waals surface area contributed by atoms with Crippen molar-refractivity contribution in [3.63, 3.8) is 0 Å². The molecule has 5 atom stereocenters. The van der Waals surface area contributed by atoms with Crippen LogP contribution in [0.4, 0.5) is 0 Å². The third-order valence-electron chi connectivity index (χ3n) is 4.72. The van der Waals surface area contributed by atoms with Crippen LogP contribution in [0.1, 0.15) is 52.4 Å². The quantitative estimate of drug-likeness (QED) is 0.796. The first-order chi connectivity index (χ1) is 7.68. The second-order valence-corrected chi connectivity index (χ2v) is 7.27. The van der Waals surface area contributed by atoms with Crippen LogP contribution in [0.5, 0.6) is 0 Å². The Morgan fingerprint density at radius 2 is 1.88 bits per heavy atom. The van der Waals surface area contributed by atoms with Crippen LogP contribution < -0.4 is 0 Å². The minimum atomic E-state index is -0.0275. The van der Waals surface area contributed by atoms with E-state index in [1.165, 1.54) is 44.3 Å². The molecule has 0 aromatic rings. The number of hydrogen-bond acceptors (Lipinski definition) is 2. The molecule has 1 N–H and O–H groups in total. The maximum Gasteiger partial charge on any atom is 0.0686 e. The summed E-state index contributed by atoms with van der Waals surface area (Å²) < 4.78 is 0. The van der Waals surface area contributed by atoms with Crippen LogP contribution in [0.3, 0.4) is 0 Å². The van der Waals surface area contributed by atoms with Crippen LogP contribution in [0.2, 0.25) is 0 Å². The van der Waals surface area contributed by atoms with Crippen molar-refractivity contribution in [3.05, 3.63) is 0 Å². The molecule has 1 saturated heterocycles. The molecule has 0 aromatic heterocycles. The van der Waals surface area contributed by atoms with E-state index in [9.17, 15) is 5.11 Å². The molecule has 1 aliphatic carbocycles. The van der Waals surface area contributed by atoms with Crippen molar-refractivity contribution < 1.29 is 5.11 Å². The summed E-state index contributed by atoms with van der Waals surface area (Å²) in [7, 11) is 0. The largest absolute Gasteiger partial charge is 0.392 e. The third-order valence-corrected chi connectivity index (χ3v) is 6.18. The predicted octanol–water partition coefficient (Wildman–Crippen LogP) is 3.71. The van der Waals surface area contributed by atoms with Crippen LogP contribution in [0, 0.1) is 17.8 Å². The minimum Gasteiger partial charge on any atom is -0.392 e. The zero-order chi connectivity index (χ0) is 11.5. The predicted molar refractivity (Wildman–Crippen MR) is 71.8 cm³/mol. The number of thioether (sulfide) groups is 1. The van der Waals surface area contributed by atoms with Crippen molar-refractivity contribution in [1.82, 2.24) is 0 Å². The van der Waals surface area contributed by atoms with E-state index in [2.05, 4.69) is 13.8 Å². The van der Waals surface area contributed by atoms with Crippen LogP contribution in [0.25, 0.3) is 0 Å². The standard InChI is InChI=1S/C14H26OS/c1-10-6-7-12(9-11(10)2)14(15)13-5-3-4-8-16-13/h10-15H,3-9H2,1-2H3. The fourth-order valence-electron chi connectivity index (χ4n) is 3.24. The van der Waals surface area contributed by atoms with E-state index in [0.717, 1.165) is 11.8 Å². The molecule has 0 spiro atoms. The van der Waals surface area contributed by atoms with E-state index in [-0.39, 0.29) is 6.10 Å². The monoisotopic (exact) mass is 242 g/mol. The molecular weight excluding hydrogens is 216 g/mol. The molecule has 1 saturated carbocycles. The third kappa shape index (κ3) is 2.95. The van der Waals surface area contributed by atoms with Crippen LogP contribution in [0.15, 0.2) is 0 Å². The molecule has 0 amide bonds. The zero-order valence-corrected chi connectivity index (χ0v) is 11.5. The highest BCUT2D eigenvalue weighted by molar-refractivity contribution is 8.00. The van der Waals surface area contributed by atoms with Gasteiger partial charge in [0.1, 0.15) is 0 Å². The van der Waals surface area contributed by atoms with Gasteiger partial charge < -0.3 is 5.11 Å². The van der Waals surface area contributed by atoms with Gasteiger partial charge in [0, 0.05) is 5.25 Å². The first-order valence-electron chi connectivity index (χ1n) is 6.98. The van der Waals surface area contributed by atoms with Gasteiger partial charge in [-0.2, -0.15) is 11.8 Å². The van der Waals surface area contributed by atoms with Gasteiger partial charge >= 0.3 is 0 Å². The number of hydrogen-bond donors (Lipinski definition) is 1. The summed E-state index contributed by atoms with van der Waals surface area (Å²) in [6.07, 6.45) is 7.72. The van der Waals surface area contributed by atoms with E-state index >= 15 is 0 Å². The van der Waals surface area contributed by atoms with Gasteiger partial charge in [0.05, 0.1) is 6.10 Å². The lowest BCUT2D eigenvalue weighted by atomic mass is 9.73. The zero-order valence-electron chi connectivity index (χ0n) is 10.7. The van der Waals surface area contributed by atoms with Gasteiger partial charge in [-0.15, -0.1) is 0 Å². The molecule has 1 nitrogen and oxygen atoms in total. The number of aliphatic hydroxyl groups is 1. The fraction of sp³-hybridized carbons (Fsp3) is 1.00. The van der Waals surface area contributed by atoms with Gasteiger partial charge in [-0.05, 0) is 49.2 Å². The Morgan fingerprint density at radius 1 is 1.06 bits per heavy atom. The molecule has 2 rings (SSSR count). The summed E-state index contributed by atoms with van der Waals surface area (Å²) in [6.45, 7) is 4.72. The highest BCUT2D eigenvalue weighted by Gasteiger charge is 2.34. The minimum absolute atomic E-state index is 0.0275. The van der Waals surface area contributed by atoms with Gasteiger partial charge in [0.2, 0.25) is 0 Å². The van der Waals surface area contributed by atoms with Crippen LogP contribution in [-0.4, -0.2) is 22.2 Å². The Bertz CT molecular complexity index is 213. The van der Waals surface area contributed by atoms with E-state index < -0.39 is 0 Å². The molecule has 2 aliphatic rings. The van der Waals surface area contributed by atoms with Gasteiger partial charge in [0.25, 0.3) is 0 Å². The maximum absolute atomic E-state index is 10.5. The summed E-state index contributed by atoms with van der Waals surface area (Å²) in [5, 5.41) is 11.0. The smallest absolute Gasteiger partial charge is 0.0686 e. The molecule has 0 radical (unpaired) electrons. The lowest BCUT2D eigenvalue weighted by Crippen LogP contribution is -2.37. The second kappa shape index (κ2) is 5.77. The first kappa shape index (κ1) is 12.8. The molecule has 0 aromatic carbocycles. The van der Waals surface area contributed by atoms with E-state index in [0.29, 0.717) is 11.2 Å². The van der Waals surface area contributed by atoms with Gasteiger partial charge in [-0.25, -0.2) is 0 Å². The molecule has 94 valence electrons. The molecule has 2 heteroatoms. The lowest BCUT2D eigenvalue weighted by molar-refractivity contribution is 0.0527. The van der Waals surface area contributed by atoms with Crippen molar-refractivity contribution in [2.75, 3.05) is 5.75 Å². The number of rotatable bonds is 2. The summed E-state index contributed by atoms with van der Waals surface area (Å²) in [6, 6.07) is 0. The molecule has 0 bridgehead atoms. The average Bonchev–Trinajstić information content (AvgIpc) is 2.33. The molecular formula is C14H26OS. The molecule has 16 heavy (non-hydrogen) atoms. The maximum atomic E-state index is 10.5. The van der Waals surface area contributed by atoms with Crippen molar-refractivity contribution >= 4 is 11.8 Å². The van der Waals surface area contributed by atoms with Crippen molar-refractivity contribution in [2.45, 2.75) is 63.7 Å². The van der Waals surface area contributed by atoms with Crippen LogP contribution in [-0.2, 0) is 0 Å². The highest BCUT2D eigenvalue weighted by atomic mass is 32.2. The van der Waals surface area contributed by atoms with Gasteiger partial charge in [-0.1, -0.05) is 26.7 Å². The molecule has 1 aliphatic heterocycles. The second-order valence-electron chi connectivity index (χ2n) is 5.92. The van der Waals surface area contributed by atoms with E-state index in [1.807, 2.05) is 11.8 Å². The Balaban J connectivity index is 1.86. The first-order valence-corrected chi connectivity index (χ1v) is 8.03.